The van der Waals surface area contributed by atoms with Gasteiger partial charge in [0.2, 0.25) is 0 Å². The quantitative estimate of drug-likeness (QED) is 0.719. The van der Waals surface area contributed by atoms with Gasteiger partial charge < -0.3 is 5.11 Å². The van der Waals surface area contributed by atoms with Crippen molar-refractivity contribution in [3.63, 3.8) is 0 Å². The highest BCUT2D eigenvalue weighted by Crippen LogP contribution is 2.28. The van der Waals surface area contributed by atoms with Crippen molar-refractivity contribution in [1.29, 1.82) is 0 Å². The van der Waals surface area contributed by atoms with E-state index in [1.54, 1.807) is 5.32 Å². The molecule has 0 amide bonds. The summed E-state index contributed by atoms with van der Waals surface area (Å²) in [7, 11) is -3.74. The number of aliphatic carboxylic acids is 1. The molecule has 2 N–H and O–H groups in total. The average molecular weight is 313 g/mol. The van der Waals surface area contributed by atoms with E-state index in [0.717, 1.165) is 19.1 Å². The van der Waals surface area contributed by atoms with Gasteiger partial charge in [-0.25, -0.2) is 8.42 Å². The zero-order chi connectivity index (χ0) is 15.6. The molecule has 114 valence electrons. The first-order chi connectivity index (χ1) is 8.99. The minimum atomic E-state index is -4.77. The van der Waals surface area contributed by atoms with Crippen LogP contribution in [0.15, 0.2) is 0 Å². The van der Waals surface area contributed by atoms with Gasteiger partial charge >= 0.3 is 12.1 Å². The Balaban J connectivity index is 2.85. The van der Waals surface area contributed by atoms with Crippen LogP contribution in [0.2, 0.25) is 0 Å². The van der Waals surface area contributed by atoms with E-state index < -0.39 is 39.8 Å². The highest BCUT2D eigenvalue weighted by molar-refractivity contribution is 7.90. The van der Waals surface area contributed by atoms with E-state index in [1.165, 1.54) is 0 Å². The second-order valence-electron chi connectivity index (χ2n) is 4.69. The summed E-state index contributed by atoms with van der Waals surface area (Å²) in [4.78, 5) is 10.8. The number of carbonyl (C=O) groups is 1. The summed E-state index contributed by atoms with van der Waals surface area (Å²) in [6.45, 7) is 0. The summed E-state index contributed by atoms with van der Waals surface area (Å²) in [5, 5.41) is 10.6. The largest absolute Gasteiger partial charge is 0.480 e. The number of halogens is 3. The Morgan fingerprint density at radius 1 is 1.45 bits per heavy atom. The highest BCUT2D eigenvalue weighted by atomic mass is 32.2. The molecule has 0 radical (unpaired) electrons. The van der Waals surface area contributed by atoms with Gasteiger partial charge in [-0.2, -0.15) is 13.2 Å². The zero-order valence-corrected chi connectivity index (χ0v) is 11.4. The molecule has 0 saturated heterocycles. The molecule has 0 aromatic rings. The van der Waals surface area contributed by atoms with Gasteiger partial charge in [-0.1, -0.05) is 11.8 Å². The SMILES string of the molecule is CS(=O)(=O)C[C@H](N[C@@H](C#CC1CC1)C(F)(F)F)C(=O)O. The van der Waals surface area contributed by atoms with Gasteiger partial charge in [0.05, 0.1) is 5.75 Å². The molecule has 0 aliphatic heterocycles. The molecule has 20 heavy (non-hydrogen) atoms. The molecule has 0 unspecified atom stereocenters. The molecule has 0 bridgehead atoms. The first kappa shape index (κ1) is 16.8. The van der Waals surface area contributed by atoms with Crippen molar-refractivity contribution in [2.45, 2.75) is 31.1 Å². The van der Waals surface area contributed by atoms with Gasteiger partial charge in [0.25, 0.3) is 0 Å². The first-order valence-corrected chi connectivity index (χ1v) is 7.79. The highest BCUT2D eigenvalue weighted by Gasteiger charge is 2.41. The van der Waals surface area contributed by atoms with Crippen molar-refractivity contribution >= 4 is 15.8 Å². The first-order valence-electron chi connectivity index (χ1n) is 5.73. The molecule has 2 atom stereocenters. The monoisotopic (exact) mass is 313 g/mol. The van der Waals surface area contributed by atoms with E-state index in [0.29, 0.717) is 0 Å². The third kappa shape index (κ3) is 6.25. The number of hydrogen-bond donors (Lipinski definition) is 2. The van der Waals surface area contributed by atoms with Gasteiger partial charge in [-0.15, -0.1) is 0 Å². The van der Waals surface area contributed by atoms with Crippen molar-refractivity contribution < 1.29 is 31.5 Å². The summed E-state index contributed by atoms with van der Waals surface area (Å²) in [6.07, 6.45) is -2.57. The molecule has 9 heteroatoms. The number of rotatable bonds is 5. The molecular formula is C11H14F3NO4S. The van der Waals surface area contributed by atoms with Crippen LogP contribution < -0.4 is 5.32 Å². The smallest absolute Gasteiger partial charge is 0.415 e. The average Bonchev–Trinajstić information content (AvgIpc) is 3.02. The van der Waals surface area contributed by atoms with Crippen LogP contribution in [0.3, 0.4) is 0 Å². The van der Waals surface area contributed by atoms with E-state index >= 15 is 0 Å². The maximum Gasteiger partial charge on any atom is 0.415 e. The molecule has 1 aliphatic rings. The van der Waals surface area contributed by atoms with Crippen LogP contribution in [0.25, 0.3) is 0 Å². The molecule has 0 aromatic carbocycles. The summed E-state index contributed by atoms with van der Waals surface area (Å²) >= 11 is 0. The zero-order valence-electron chi connectivity index (χ0n) is 10.6. The maximum atomic E-state index is 12.7. The fraction of sp³-hybridized carbons (Fsp3) is 0.727. The molecule has 1 saturated carbocycles. The van der Waals surface area contributed by atoms with E-state index in [4.69, 9.17) is 5.11 Å². The topological polar surface area (TPSA) is 83.5 Å². The van der Waals surface area contributed by atoms with Crippen molar-refractivity contribution in [1.82, 2.24) is 5.32 Å². The minimum absolute atomic E-state index is 0.0835. The Morgan fingerprint density at radius 2 is 2.00 bits per heavy atom. The number of nitrogens with one attached hydrogen (secondary N) is 1. The third-order valence-electron chi connectivity index (χ3n) is 2.47. The number of carboxylic acids is 1. The maximum absolute atomic E-state index is 12.7. The lowest BCUT2D eigenvalue weighted by Gasteiger charge is -2.21. The molecule has 0 aromatic heterocycles. The fourth-order valence-electron chi connectivity index (χ4n) is 1.34. The van der Waals surface area contributed by atoms with Crippen molar-refractivity contribution in [2.24, 2.45) is 5.92 Å². The van der Waals surface area contributed by atoms with E-state index in [2.05, 4.69) is 5.92 Å². The Hall–Kier alpha value is -1.27. The van der Waals surface area contributed by atoms with Crippen LogP contribution in [0.5, 0.6) is 0 Å². The molecule has 0 heterocycles. The lowest BCUT2D eigenvalue weighted by atomic mass is 10.2. The van der Waals surface area contributed by atoms with E-state index in [-0.39, 0.29) is 5.92 Å². The van der Waals surface area contributed by atoms with Gasteiger partial charge in [-0.3, -0.25) is 10.1 Å². The normalized spacial score (nSPS) is 18.8. The van der Waals surface area contributed by atoms with Crippen LogP contribution in [0.4, 0.5) is 13.2 Å². The van der Waals surface area contributed by atoms with E-state index in [9.17, 15) is 26.4 Å². The summed E-state index contributed by atoms with van der Waals surface area (Å²) in [5.74, 6) is 1.66. The van der Waals surface area contributed by atoms with Crippen molar-refractivity contribution in [2.75, 3.05) is 12.0 Å². The molecule has 1 aliphatic carbocycles. The van der Waals surface area contributed by atoms with Crippen molar-refractivity contribution in [3.05, 3.63) is 0 Å². The third-order valence-corrected chi connectivity index (χ3v) is 3.41. The molecule has 1 fully saturated rings. The number of sulfone groups is 1. The Morgan fingerprint density at radius 3 is 2.35 bits per heavy atom. The summed E-state index contributed by atoms with van der Waals surface area (Å²) in [6, 6.07) is -4.21. The molecule has 0 spiro atoms. The second-order valence-corrected chi connectivity index (χ2v) is 6.87. The lowest BCUT2D eigenvalue weighted by Crippen LogP contribution is -2.52. The molecular weight excluding hydrogens is 299 g/mol. The predicted octanol–water partition coefficient (Wildman–Crippen LogP) is 0.418. The van der Waals surface area contributed by atoms with Crippen LogP contribution in [-0.2, 0) is 14.6 Å². The molecule has 5 nitrogen and oxygen atoms in total. The van der Waals surface area contributed by atoms with Crippen LogP contribution >= 0.6 is 0 Å². The van der Waals surface area contributed by atoms with Gasteiger partial charge in [0.15, 0.2) is 6.04 Å². The number of alkyl halides is 3. The lowest BCUT2D eigenvalue weighted by molar-refractivity contribution is -0.150. The summed E-state index contributed by atoms with van der Waals surface area (Å²) in [5.41, 5.74) is 0. The van der Waals surface area contributed by atoms with Gasteiger partial charge in [0.1, 0.15) is 15.9 Å². The fourth-order valence-corrected chi connectivity index (χ4v) is 2.19. The van der Waals surface area contributed by atoms with Gasteiger partial charge in [0, 0.05) is 12.2 Å². The number of carboxylic acid groups (broad SMARTS) is 1. The van der Waals surface area contributed by atoms with Gasteiger partial charge in [-0.05, 0) is 12.8 Å². The second kappa shape index (κ2) is 6.01. The molecule has 1 rings (SSSR count). The number of hydrogen-bond acceptors (Lipinski definition) is 4. The Bertz CT molecular complexity index is 528. The Kier molecular flexibility index (Phi) is 5.05. The van der Waals surface area contributed by atoms with Crippen LogP contribution in [-0.4, -0.2) is 49.8 Å². The van der Waals surface area contributed by atoms with Crippen LogP contribution in [0, 0.1) is 17.8 Å². The van der Waals surface area contributed by atoms with Crippen LogP contribution in [0.1, 0.15) is 12.8 Å². The minimum Gasteiger partial charge on any atom is -0.480 e. The summed E-state index contributed by atoms with van der Waals surface area (Å²) < 4.78 is 60.3. The predicted molar refractivity (Wildman–Crippen MR) is 64.6 cm³/mol. The van der Waals surface area contributed by atoms with E-state index in [1.807, 2.05) is 5.92 Å². The standard InChI is InChI=1S/C11H14F3NO4S/c1-20(18,19)6-8(10(16)17)15-9(11(12,13)14)5-4-7-2-3-7/h7-9,15H,2-3,6H2,1H3,(H,16,17)/t8-,9-/m0/s1. The Labute approximate surface area is 114 Å². The van der Waals surface area contributed by atoms with Crippen molar-refractivity contribution in [3.8, 4) is 11.8 Å².